The molecular weight excluding hydrogens is 350 g/mol. The van der Waals surface area contributed by atoms with E-state index in [1.807, 2.05) is 62.2 Å². The molecule has 2 N–H and O–H groups in total. The first-order valence-electron chi connectivity index (χ1n) is 9.91. The van der Waals surface area contributed by atoms with Crippen molar-refractivity contribution < 1.29 is 14.8 Å². The third-order valence-corrected chi connectivity index (χ3v) is 5.74. The first-order valence-corrected chi connectivity index (χ1v) is 9.91. The summed E-state index contributed by atoms with van der Waals surface area (Å²) in [5.41, 5.74) is 4.33. The van der Waals surface area contributed by atoms with E-state index in [0.29, 0.717) is 12.2 Å². The second-order valence-electron chi connectivity index (χ2n) is 7.44. The van der Waals surface area contributed by atoms with Gasteiger partial charge in [0.25, 0.3) is 0 Å². The third kappa shape index (κ3) is 3.86. The van der Waals surface area contributed by atoms with Crippen molar-refractivity contribution in [3.05, 3.63) is 71.1 Å². The molecule has 1 aliphatic heterocycles. The zero-order valence-corrected chi connectivity index (χ0v) is 17.1. The van der Waals surface area contributed by atoms with Gasteiger partial charge in [0, 0.05) is 12.7 Å². The van der Waals surface area contributed by atoms with Crippen LogP contribution in [0.5, 0.6) is 0 Å². The van der Waals surface area contributed by atoms with E-state index in [2.05, 4.69) is 19.1 Å². The summed E-state index contributed by atoms with van der Waals surface area (Å²) >= 11 is 0. The molecule has 3 rings (SSSR count). The minimum atomic E-state index is -0.310. The fourth-order valence-electron chi connectivity index (χ4n) is 3.95. The second-order valence-corrected chi connectivity index (χ2v) is 7.44. The van der Waals surface area contributed by atoms with Gasteiger partial charge in [-0.15, -0.1) is 0 Å². The minimum absolute atomic E-state index is 0.0445. The lowest BCUT2D eigenvalue weighted by Crippen LogP contribution is -3.15. The molecule has 0 fully saturated rings. The Balaban J connectivity index is 1.86. The average molecular weight is 381 g/mol. The van der Waals surface area contributed by atoms with Crippen LogP contribution in [0.1, 0.15) is 32.4 Å². The van der Waals surface area contributed by atoms with Gasteiger partial charge in [-0.1, -0.05) is 30.3 Å². The molecule has 0 saturated heterocycles. The van der Waals surface area contributed by atoms with E-state index in [0.717, 1.165) is 29.1 Å². The van der Waals surface area contributed by atoms with Crippen molar-refractivity contribution in [1.29, 1.82) is 0 Å². The van der Waals surface area contributed by atoms with Gasteiger partial charge in [-0.05, 0) is 50.1 Å². The molecule has 1 aromatic carbocycles. The largest absolute Gasteiger partial charge is 0.391 e. The summed E-state index contributed by atoms with van der Waals surface area (Å²) in [6.45, 7) is 7.95. The number of benzene rings is 1. The normalized spacial score (nSPS) is 24.9. The molecule has 5 heteroatoms. The van der Waals surface area contributed by atoms with Crippen molar-refractivity contribution in [1.82, 2.24) is 4.90 Å². The fraction of sp³-hybridized carbons (Fsp3) is 0.391. The fourth-order valence-corrected chi connectivity index (χ4v) is 3.95. The molecule has 3 unspecified atom stereocenters. The number of quaternary nitrogens is 1. The van der Waals surface area contributed by atoms with E-state index in [1.165, 1.54) is 4.90 Å². The number of rotatable bonds is 6. The number of nitrogens with one attached hydrogen (secondary N) is 1. The maximum absolute atomic E-state index is 13.1. The molecule has 1 aliphatic carbocycles. The molecule has 2 aliphatic rings. The van der Waals surface area contributed by atoms with Crippen LogP contribution in [-0.2, 0) is 4.79 Å². The van der Waals surface area contributed by atoms with Crippen LogP contribution in [0.4, 0.5) is 0 Å². The summed E-state index contributed by atoms with van der Waals surface area (Å²) in [6.07, 6.45) is 6.31. The van der Waals surface area contributed by atoms with Crippen molar-refractivity contribution in [3.63, 3.8) is 0 Å². The lowest BCUT2D eigenvalue weighted by molar-refractivity contribution is -0.910. The minimum Gasteiger partial charge on any atom is -0.391 e. The SMILES string of the molecule is CC[NH+](CCO)C1C=CC(=NC2=C(C)N(C)C(c3ccccc3)C2=O)C(C)=C1. The van der Waals surface area contributed by atoms with E-state index in [-0.39, 0.29) is 24.5 Å². The number of carbonyl (C=O) groups is 1. The van der Waals surface area contributed by atoms with Crippen molar-refractivity contribution in [2.24, 2.45) is 4.99 Å². The average Bonchev–Trinajstić information content (AvgIpc) is 2.91. The molecule has 3 atom stereocenters. The number of carbonyl (C=O) groups excluding carboxylic acids is 1. The highest BCUT2D eigenvalue weighted by Crippen LogP contribution is 2.35. The van der Waals surface area contributed by atoms with Crippen molar-refractivity contribution in [2.45, 2.75) is 32.9 Å². The van der Waals surface area contributed by atoms with Gasteiger partial charge in [-0.3, -0.25) is 4.79 Å². The third-order valence-electron chi connectivity index (χ3n) is 5.74. The molecule has 0 saturated carbocycles. The van der Waals surface area contributed by atoms with Gasteiger partial charge in [0.05, 0.1) is 18.9 Å². The van der Waals surface area contributed by atoms with Gasteiger partial charge in [-0.2, -0.15) is 0 Å². The molecular formula is C23H30N3O2+. The Bertz CT molecular complexity index is 852. The number of nitrogens with zero attached hydrogens (tertiary/aromatic N) is 2. The summed E-state index contributed by atoms with van der Waals surface area (Å²) in [4.78, 5) is 21.2. The molecule has 148 valence electrons. The number of allylic oxidation sites excluding steroid dienone is 3. The van der Waals surface area contributed by atoms with Crippen molar-refractivity contribution in [2.75, 3.05) is 26.7 Å². The molecule has 1 aromatic rings. The van der Waals surface area contributed by atoms with Crippen LogP contribution < -0.4 is 4.90 Å². The van der Waals surface area contributed by atoms with E-state index < -0.39 is 0 Å². The number of Topliss-reactive ketones (excluding diaryl/α,β-unsaturated/α-hetero) is 1. The number of aliphatic hydroxyl groups is 1. The zero-order valence-electron chi connectivity index (χ0n) is 17.1. The molecule has 0 aromatic heterocycles. The second kappa shape index (κ2) is 8.67. The van der Waals surface area contributed by atoms with Crippen LogP contribution >= 0.6 is 0 Å². The van der Waals surface area contributed by atoms with E-state index in [1.54, 1.807) is 0 Å². The highest BCUT2D eigenvalue weighted by Gasteiger charge is 2.37. The van der Waals surface area contributed by atoms with Crippen LogP contribution in [0.2, 0.25) is 0 Å². The number of hydrogen-bond donors (Lipinski definition) is 2. The van der Waals surface area contributed by atoms with Gasteiger partial charge in [-0.25, -0.2) is 4.99 Å². The maximum Gasteiger partial charge on any atom is 0.209 e. The molecule has 5 nitrogen and oxygen atoms in total. The first kappa shape index (κ1) is 20.2. The number of aliphatic imine (C=N–C) groups is 1. The van der Waals surface area contributed by atoms with Crippen LogP contribution in [-0.4, -0.2) is 54.3 Å². The highest BCUT2D eigenvalue weighted by molar-refractivity contribution is 6.13. The van der Waals surface area contributed by atoms with E-state index in [4.69, 9.17) is 4.99 Å². The summed E-state index contributed by atoms with van der Waals surface area (Å²) in [5.74, 6) is 0.0445. The number of likely N-dealkylation sites (N-methyl/N-ethyl adjacent to an activating group) is 2. The lowest BCUT2D eigenvalue weighted by atomic mass is 10.00. The maximum atomic E-state index is 13.1. The van der Waals surface area contributed by atoms with Crippen molar-refractivity contribution in [3.8, 4) is 0 Å². The predicted molar refractivity (Wildman–Crippen MR) is 112 cm³/mol. The highest BCUT2D eigenvalue weighted by atomic mass is 16.3. The van der Waals surface area contributed by atoms with Gasteiger partial charge in [0.1, 0.15) is 24.3 Å². The Kier molecular flexibility index (Phi) is 6.27. The van der Waals surface area contributed by atoms with Crippen LogP contribution in [0.3, 0.4) is 0 Å². The topological polar surface area (TPSA) is 57.3 Å². The lowest BCUT2D eigenvalue weighted by Gasteiger charge is -2.25. The van der Waals surface area contributed by atoms with Gasteiger partial charge >= 0.3 is 0 Å². The summed E-state index contributed by atoms with van der Waals surface area (Å²) < 4.78 is 0. The van der Waals surface area contributed by atoms with E-state index in [9.17, 15) is 9.90 Å². The Hall–Kier alpha value is -2.50. The first-order chi connectivity index (χ1) is 13.5. The van der Waals surface area contributed by atoms with Gasteiger partial charge < -0.3 is 14.9 Å². The van der Waals surface area contributed by atoms with Gasteiger partial charge in [0.15, 0.2) is 0 Å². The molecule has 28 heavy (non-hydrogen) atoms. The molecule has 0 spiro atoms. The Morgan fingerprint density at radius 2 is 1.93 bits per heavy atom. The zero-order chi connectivity index (χ0) is 20.3. The van der Waals surface area contributed by atoms with Crippen LogP contribution in [0.15, 0.2) is 70.5 Å². The van der Waals surface area contributed by atoms with E-state index >= 15 is 0 Å². The summed E-state index contributed by atoms with van der Waals surface area (Å²) in [6, 6.07) is 9.77. The summed E-state index contributed by atoms with van der Waals surface area (Å²) in [5, 5.41) is 9.27. The smallest absolute Gasteiger partial charge is 0.209 e. The number of ketones is 1. The quantitative estimate of drug-likeness (QED) is 0.790. The number of aliphatic hydroxyl groups excluding tert-OH is 1. The number of hydrogen-bond acceptors (Lipinski definition) is 4. The molecule has 0 bridgehead atoms. The molecule has 1 heterocycles. The summed E-state index contributed by atoms with van der Waals surface area (Å²) in [7, 11) is 1.95. The molecule has 0 amide bonds. The standard InChI is InChI=1S/C23H29N3O2/c1-5-26(13-14-27)19-11-12-20(16(2)15-19)24-21-17(3)25(4)22(23(21)28)18-9-7-6-8-10-18/h6-12,15,19,22,27H,5,13-14H2,1-4H3/p+1. The Morgan fingerprint density at radius 1 is 1.21 bits per heavy atom. The van der Waals surface area contributed by atoms with Crippen LogP contribution in [0.25, 0.3) is 0 Å². The van der Waals surface area contributed by atoms with Crippen molar-refractivity contribution >= 4 is 11.5 Å². The Morgan fingerprint density at radius 3 is 2.54 bits per heavy atom. The molecule has 0 radical (unpaired) electrons. The monoisotopic (exact) mass is 380 g/mol. The van der Waals surface area contributed by atoms with Crippen LogP contribution in [0, 0.1) is 0 Å². The van der Waals surface area contributed by atoms with Gasteiger partial charge in [0.2, 0.25) is 5.78 Å². The Labute approximate surface area is 167 Å². The predicted octanol–water partition coefficient (Wildman–Crippen LogP) is 1.70.